The summed E-state index contributed by atoms with van der Waals surface area (Å²) >= 11 is 0. The van der Waals surface area contributed by atoms with E-state index in [4.69, 9.17) is 10.2 Å². The molecule has 62 valence electrons. The van der Waals surface area contributed by atoms with Gasteiger partial charge >= 0.3 is 6.18 Å². The average molecular weight is 162 g/mol. The Hall–Kier alpha value is -0.360. The van der Waals surface area contributed by atoms with Crippen molar-refractivity contribution >= 4 is 0 Å². The predicted molar refractivity (Wildman–Crippen MR) is 23.8 cm³/mol. The van der Waals surface area contributed by atoms with E-state index in [0.29, 0.717) is 0 Å². The second kappa shape index (κ2) is 2.35. The topological polar surface area (TPSA) is 40.5 Å². The van der Waals surface area contributed by atoms with Crippen LogP contribution in [0.1, 0.15) is 6.92 Å². The van der Waals surface area contributed by atoms with Crippen molar-refractivity contribution in [2.75, 3.05) is 0 Å². The first kappa shape index (κ1) is 9.64. The van der Waals surface area contributed by atoms with Crippen LogP contribution in [0.25, 0.3) is 0 Å². The Morgan fingerprint density at radius 2 is 1.60 bits per heavy atom. The molecule has 0 amide bonds. The van der Waals surface area contributed by atoms with Crippen molar-refractivity contribution in [2.45, 2.75) is 25.1 Å². The van der Waals surface area contributed by atoms with Crippen LogP contribution in [0.3, 0.4) is 0 Å². The molecule has 6 heteroatoms. The molecule has 2 nitrogen and oxygen atoms in total. The van der Waals surface area contributed by atoms with E-state index < -0.39 is 18.1 Å². The lowest BCUT2D eigenvalue weighted by atomic mass is 10.1. The van der Waals surface area contributed by atoms with Gasteiger partial charge in [0.25, 0.3) is 0 Å². The van der Waals surface area contributed by atoms with Crippen LogP contribution < -0.4 is 0 Å². The monoisotopic (exact) mass is 162 g/mol. The molecule has 0 fully saturated rings. The van der Waals surface area contributed by atoms with Crippen LogP contribution in [0.4, 0.5) is 17.6 Å². The molecule has 0 bridgehead atoms. The highest BCUT2D eigenvalue weighted by Crippen LogP contribution is 2.32. The molecular formula is C4H6F4O2. The highest BCUT2D eigenvalue weighted by molar-refractivity contribution is 4.83. The normalized spacial score (nSPS) is 21.9. The molecular weight excluding hydrogens is 156 g/mol. The van der Waals surface area contributed by atoms with Crippen LogP contribution in [0.5, 0.6) is 0 Å². The first-order chi connectivity index (χ1) is 4.19. The Balaban J connectivity index is 4.40. The first-order valence-electron chi connectivity index (χ1n) is 2.31. The van der Waals surface area contributed by atoms with E-state index in [1.54, 1.807) is 0 Å². The van der Waals surface area contributed by atoms with Gasteiger partial charge in [-0.25, -0.2) is 4.39 Å². The predicted octanol–water partition coefficient (Wildman–Crippen LogP) is 0.588. The fraction of sp³-hybridized carbons (Fsp3) is 1.00. The lowest BCUT2D eigenvalue weighted by Gasteiger charge is -2.25. The second-order valence-electron chi connectivity index (χ2n) is 1.98. The SMILES string of the molecule is CC(O)(C(O)F)C(F)(F)F. The molecule has 10 heavy (non-hydrogen) atoms. The zero-order valence-corrected chi connectivity index (χ0v) is 4.98. The summed E-state index contributed by atoms with van der Waals surface area (Å²) < 4.78 is 45.9. The van der Waals surface area contributed by atoms with Crippen molar-refractivity contribution in [1.29, 1.82) is 0 Å². The van der Waals surface area contributed by atoms with Crippen LogP contribution in [-0.2, 0) is 0 Å². The number of halogens is 4. The minimum atomic E-state index is -5.15. The van der Waals surface area contributed by atoms with Crippen molar-refractivity contribution in [1.82, 2.24) is 0 Å². The molecule has 0 aromatic carbocycles. The molecule has 2 atom stereocenters. The van der Waals surface area contributed by atoms with Gasteiger partial charge in [0, 0.05) is 0 Å². The van der Waals surface area contributed by atoms with Gasteiger partial charge < -0.3 is 10.2 Å². The van der Waals surface area contributed by atoms with Gasteiger partial charge in [0.05, 0.1) is 0 Å². The number of hydrogen-bond acceptors (Lipinski definition) is 2. The number of rotatable bonds is 1. The summed E-state index contributed by atoms with van der Waals surface area (Å²) in [5.74, 6) is 0. The van der Waals surface area contributed by atoms with E-state index in [2.05, 4.69) is 0 Å². The third-order valence-electron chi connectivity index (χ3n) is 1.04. The van der Waals surface area contributed by atoms with Gasteiger partial charge in [-0.2, -0.15) is 13.2 Å². The zero-order valence-electron chi connectivity index (χ0n) is 4.98. The van der Waals surface area contributed by atoms with Gasteiger partial charge in [-0.3, -0.25) is 0 Å². The smallest absolute Gasteiger partial charge is 0.377 e. The summed E-state index contributed by atoms with van der Waals surface area (Å²) in [4.78, 5) is 0. The molecule has 0 saturated carbocycles. The maximum Gasteiger partial charge on any atom is 0.422 e. The van der Waals surface area contributed by atoms with Gasteiger partial charge in [-0.05, 0) is 6.92 Å². The van der Waals surface area contributed by atoms with Crippen LogP contribution in [0.15, 0.2) is 0 Å². The average Bonchev–Trinajstić information content (AvgIpc) is 1.62. The van der Waals surface area contributed by atoms with Crippen molar-refractivity contribution in [3.05, 3.63) is 0 Å². The zero-order chi connectivity index (χ0) is 8.58. The molecule has 2 N–H and O–H groups in total. The van der Waals surface area contributed by atoms with Crippen molar-refractivity contribution in [3.8, 4) is 0 Å². The maximum atomic E-state index is 11.6. The van der Waals surface area contributed by atoms with Crippen LogP contribution in [0, 0.1) is 0 Å². The van der Waals surface area contributed by atoms with Gasteiger partial charge in [0.1, 0.15) is 0 Å². The Labute approximate surface area is 54.1 Å². The third-order valence-corrected chi connectivity index (χ3v) is 1.04. The van der Waals surface area contributed by atoms with Gasteiger partial charge in [0.15, 0.2) is 0 Å². The molecule has 0 aliphatic heterocycles. The Morgan fingerprint density at radius 3 is 1.60 bits per heavy atom. The molecule has 0 aliphatic carbocycles. The second-order valence-corrected chi connectivity index (χ2v) is 1.98. The van der Waals surface area contributed by atoms with E-state index in [1.165, 1.54) is 0 Å². The van der Waals surface area contributed by atoms with E-state index in [0.717, 1.165) is 0 Å². The van der Waals surface area contributed by atoms with E-state index >= 15 is 0 Å². The summed E-state index contributed by atoms with van der Waals surface area (Å²) in [5.41, 5.74) is -3.67. The van der Waals surface area contributed by atoms with Gasteiger partial charge in [-0.1, -0.05) is 0 Å². The Bertz CT molecular complexity index is 117. The lowest BCUT2D eigenvalue weighted by molar-refractivity contribution is -0.303. The van der Waals surface area contributed by atoms with Gasteiger partial charge in [0.2, 0.25) is 12.0 Å². The summed E-state index contributed by atoms with van der Waals surface area (Å²) in [5, 5.41) is 16.0. The molecule has 0 radical (unpaired) electrons. The number of alkyl halides is 4. The highest BCUT2D eigenvalue weighted by Gasteiger charge is 2.55. The minimum absolute atomic E-state index is 0.150. The molecule has 2 unspecified atom stereocenters. The van der Waals surface area contributed by atoms with Crippen molar-refractivity contribution in [2.24, 2.45) is 0 Å². The van der Waals surface area contributed by atoms with Crippen molar-refractivity contribution < 1.29 is 27.8 Å². The first-order valence-corrected chi connectivity index (χ1v) is 2.31. The van der Waals surface area contributed by atoms with Crippen LogP contribution in [-0.4, -0.2) is 28.3 Å². The van der Waals surface area contributed by atoms with E-state index in [1.807, 2.05) is 0 Å². The highest BCUT2D eigenvalue weighted by atomic mass is 19.4. The van der Waals surface area contributed by atoms with Crippen LogP contribution >= 0.6 is 0 Å². The summed E-state index contributed by atoms with van der Waals surface area (Å²) in [6.07, 6.45) is -8.46. The Morgan fingerprint density at radius 1 is 1.30 bits per heavy atom. The van der Waals surface area contributed by atoms with E-state index in [9.17, 15) is 17.6 Å². The van der Waals surface area contributed by atoms with Crippen molar-refractivity contribution in [3.63, 3.8) is 0 Å². The van der Waals surface area contributed by atoms with E-state index in [-0.39, 0.29) is 6.92 Å². The standard InChI is InChI=1S/C4H6F4O2/c1-3(10,2(5)9)4(6,7)8/h2,9-10H,1H3. The van der Waals surface area contributed by atoms with Gasteiger partial charge in [-0.15, -0.1) is 0 Å². The Kier molecular flexibility index (Phi) is 2.27. The van der Waals surface area contributed by atoms with Crippen LogP contribution in [0.2, 0.25) is 0 Å². The number of aliphatic hydroxyl groups excluding tert-OH is 1. The maximum absolute atomic E-state index is 11.6. The number of aliphatic hydroxyl groups is 2. The molecule has 0 spiro atoms. The summed E-state index contributed by atoms with van der Waals surface area (Å²) in [6.45, 7) is 0.150. The number of hydrogen-bond donors (Lipinski definition) is 2. The molecule has 0 rings (SSSR count). The summed E-state index contributed by atoms with van der Waals surface area (Å²) in [7, 11) is 0. The third kappa shape index (κ3) is 1.57. The molecule has 0 aliphatic rings. The fourth-order valence-corrected chi connectivity index (χ4v) is 0.135. The fourth-order valence-electron chi connectivity index (χ4n) is 0.135. The molecule has 0 aromatic rings. The molecule has 0 saturated heterocycles. The molecule has 0 aromatic heterocycles. The summed E-state index contributed by atoms with van der Waals surface area (Å²) in [6, 6.07) is 0. The largest absolute Gasteiger partial charge is 0.422 e. The minimum Gasteiger partial charge on any atom is -0.377 e. The quantitative estimate of drug-likeness (QED) is 0.554. The lowest BCUT2D eigenvalue weighted by Crippen LogP contribution is -2.50. The molecule has 0 heterocycles.